The van der Waals surface area contributed by atoms with Crippen LogP contribution < -0.4 is 16.0 Å². The van der Waals surface area contributed by atoms with Crippen LogP contribution in [0.4, 0.5) is 28.7 Å². The Bertz CT molecular complexity index is 1210. The summed E-state index contributed by atoms with van der Waals surface area (Å²) in [6.07, 6.45) is 0. The number of hydrogen-bond acceptors (Lipinski definition) is 6. The lowest BCUT2D eigenvalue weighted by Crippen LogP contribution is -2.10. The molecule has 0 radical (unpaired) electrons. The summed E-state index contributed by atoms with van der Waals surface area (Å²) >= 11 is 4.76. The number of nitrogens with zero attached hydrogens (tertiary/aromatic N) is 2. The molecule has 2 aromatic heterocycles. The molecule has 1 amide bonds. The van der Waals surface area contributed by atoms with Gasteiger partial charge in [0.05, 0.1) is 4.88 Å². The topological polar surface area (TPSA) is 78.9 Å². The van der Waals surface area contributed by atoms with E-state index in [1.165, 1.54) is 16.9 Å². The van der Waals surface area contributed by atoms with Crippen LogP contribution in [0.25, 0.3) is 0 Å². The Hall–Kier alpha value is -3.23. The highest BCUT2D eigenvalue weighted by Crippen LogP contribution is 2.24. The molecular weight excluding hydrogens is 474 g/mol. The van der Waals surface area contributed by atoms with Crippen LogP contribution in [0.15, 0.2) is 70.5 Å². The number of nitrogens with one attached hydrogen (secondary N) is 3. The van der Waals surface area contributed by atoms with Crippen LogP contribution in [0.3, 0.4) is 0 Å². The lowest BCUT2D eigenvalue weighted by molar-refractivity contribution is 0.103. The molecule has 0 spiro atoms. The lowest BCUT2D eigenvalue weighted by atomic mass is 10.2. The van der Waals surface area contributed by atoms with Crippen LogP contribution in [0, 0.1) is 13.8 Å². The van der Waals surface area contributed by atoms with Gasteiger partial charge >= 0.3 is 0 Å². The first kappa shape index (κ1) is 21.0. The van der Waals surface area contributed by atoms with Gasteiger partial charge in [0.15, 0.2) is 0 Å². The molecule has 156 valence electrons. The zero-order valence-electron chi connectivity index (χ0n) is 16.9. The van der Waals surface area contributed by atoms with E-state index >= 15 is 0 Å². The Labute approximate surface area is 192 Å². The molecule has 0 saturated heterocycles. The molecule has 0 aliphatic carbocycles. The molecule has 0 unspecified atom stereocenters. The van der Waals surface area contributed by atoms with E-state index in [0.717, 1.165) is 21.5 Å². The average molecular weight is 494 g/mol. The van der Waals surface area contributed by atoms with Gasteiger partial charge in [0, 0.05) is 33.0 Å². The fourth-order valence-corrected chi connectivity index (χ4v) is 4.21. The molecule has 0 bridgehead atoms. The Morgan fingerprint density at radius 1 is 0.839 bits per heavy atom. The van der Waals surface area contributed by atoms with Crippen molar-refractivity contribution in [3.8, 4) is 0 Å². The molecule has 6 nitrogen and oxygen atoms in total. The van der Waals surface area contributed by atoms with Crippen molar-refractivity contribution in [3.05, 3.63) is 86.8 Å². The first-order chi connectivity index (χ1) is 14.9. The molecule has 8 heteroatoms. The van der Waals surface area contributed by atoms with E-state index in [9.17, 15) is 4.79 Å². The van der Waals surface area contributed by atoms with Gasteiger partial charge in [-0.15, -0.1) is 11.3 Å². The smallest absolute Gasteiger partial charge is 0.265 e. The number of aryl methyl sites for hydroxylation is 2. The Morgan fingerprint density at radius 2 is 1.39 bits per heavy atom. The van der Waals surface area contributed by atoms with E-state index in [0.29, 0.717) is 22.3 Å². The van der Waals surface area contributed by atoms with Crippen molar-refractivity contribution in [2.24, 2.45) is 0 Å². The molecule has 3 N–H and O–H groups in total. The SMILES string of the molecule is Cc1ccc(Nc2cc(Nc3ccc(NC(=O)c4cc(Br)cs4)cc3)nc(C)n2)cc1. The summed E-state index contributed by atoms with van der Waals surface area (Å²) in [6.45, 7) is 3.91. The molecule has 2 heterocycles. The normalized spacial score (nSPS) is 10.5. The van der Waals surface area contributed by atoms with Crippen LogP contribution in [0.1, 0.15) is 21.1 Å². The fraction of sp³-hybridized carbons (Fsp3) is 0.0870. The zero-order valence-corrected chi connectivity index (χ0v) is 19.3. The van der Waals surface area contributed by atoms with Gasteiger partial charge in [0.2, 0.25) is 0 Å². The quantitative estimate of drug-likeness (QED) is 0.280. The van der Waals surface area contributed by atoms with Crippen LogP contribution in [-0.2, 0) is 0 Å². The van der Waals surface area contributed by atoms with Gasteiger partial charge in [0.1, 0.15) is 17.5 Å². The third kappa shape index (κ3) is 5.68. The van der Waals surface area contributed by atoms with E-state index in [1.807, 2.05) is 66.9 Å². The predicted octanol–water partition coefficient (Wildman–Crippen LogP) is 6.66. The minimum absolute atomic E-state index is 0.130. The third-order valence-corrected chi connectivity index (χ3v) is 6.06. The predicted molar refractivity (Wildman–Crippen MR) is 131 cm³/mol. The summed E-state index contributed by atoms with van der Waals surface area (Å²) in [5, 5.41) is 11.4. The Morgan fingerprint density at radius 3 is 1.94 bits per heavy atom. The molecule has 0 aliphatic rings. The number of anilines is 5. The molecular formula is C23H20BrN5OS. The minimum atomic E-state index is -0.130. The lowest BCUT2D eigenvalue weighted by Gasteiger charge is -2.11. The Balaban J connectivity index is 1.43. The number of hydrogen-bond donors (Lipinski definition) is 3. The molecule has 4 aromatic rings. The summed E-state index contributed by atoms with van der Waals surface area (Å²) in [5.74, 6) is 1.92. The van der Waals surface area contributed by atoms with E-state index in [1.54, 1.807) is 6.07 Å². The highest BCUT2D eigenvalue weighted by Gasteiger charge is 2.09. The van der Waals surface area contributed by atoms with Crippen molar-refractivity contribution < 1.29 is 4.79 Å². The van der Waals surface area contributed by atoms with E-state index in [4.69, 9.17) is 0 Å². The van der Waals surface area contributed by atoms with Gasteiger partial charge in [0.25, 0.3) is 5.91 Å². The summed E-state index contributed by atoms with van der Waals surface area (Å²) in [6, 6.07) is 19.3. The second-order valence-electron chi connectivity index (χ2n) is 6.96. The molecule has 0 saturated carbocycles. The van der Waals surface area contributed by atoms with Crippen LogP contribution >= 0.6 is 27.3 Å². The van der Waals surface area contributed by atoms with Crippen molar-refractivity contribution in [2.45, 2.75) is 13.8 Å². The number of amides is 1. The average Bonchev–Trinajstić information content (AvgIpc) is 3.17. The number of thiophene rings is 1. The van der Waals surface area contributed by atoms with Gasteiger partial charge < -0.3 is 16.0 Å². The molecule has 0 fully saturated rings. The molecule has 0 atom stereocenters. The number of benzene rings is 2. The number of rotatable bonds is 6. The van der Waals surface area contributed by atoms with E-state index in [-0.39, 0.29) is 5.91 Å². The first-order valence-electron chi connectivity index (χ1n) is 9.56. The van der Waals surface area contributed by atoms with Crippen molar-refractivity contribution in [1.82, 2.24) is 9.97 Å². The van der Waals surface area contributed by atoms with Gasteiger partial charge in [-0.2, -0.15) is 0 Å². The highest BCUT2D eigenvalue weighted by atomic mass is 79.9. The minimum Gasteiger partial charge on any atom is -0.340 e. The number of aromatic nitrogens is 2. The first-order valence-corrected chi connectivity index (χ1v) is 11.2. The van der Waals surface area contributed by atoms with Gasteiger partial charge in [-0.25, -0.2) is 9.97 Å². The monoisotopic (exact) mass is 493 g/mol. The van der Waals surface area contributed by atoms with Crippen molar-refractivity contribution in [3.63, 3.8) is 0 Å². The molecule has 31 heavy (non-hydrogen) atoms. The maximum absolute atomic E-state index is 12.3. The van der Waals surface area contributed by atoms with Crippen LogP contribution in [-0.4, -0.2) is 15.9 Å². The maximum Gasteiger partial charge on any atom is 0.265 e. The molecule has 0 aliphatic heterocycles. The summed E-state index contributed by atoms with van der Waals surface area (Å²) in [7, 11) is 0. The van der Waals surface area contributed by atoms with Crippen molar-refractivity contribution in [1.29, 1.82) is 0 Å². The van der Waals surface area contributed by atoms with Gasteiger partial charge in [-0.05, 0) is 72.2 Å². The number of halogens is 1. The number of carbonyl (C=O) groups is 1. The van der Waals surface area contributed by atoms with E-state index < -0.39 is 0 Å². The van der Waals surface area contributed by atoms with E-state index in [2.05, 4.69) is 48.8 Å². The zero-order chi connectivity index (χ0) is 21.8. The van der Waals surface area contributed by atoms with Gasteiger partial charge in [-0.3, -0.25) is 4.79 Å². The second kappa shape index (κ2) is 9.28. The summed E-state index contributed by atoms with van der Waals surface area (Å²) in [5.41, 5.74) is 3.75. The largest absolute Gasteiger partial charge is 0.340 e. The van der Waals surface area contributed by atoms with Crippen molar-refractivity contribution >= 4 is 61.9 Å². The standard InChI is InChI=1S/C23H20BrN5OS/c1-14-3-5-17(6-4-14)27-21-12-22(26-15(2)25-21)28-18-7-9-19(10-8-18)29-23(30)20-11-16(24)13-31-20/h3-13H,1-2H3,(H,29,30)(H2,25,26,27,28). The third-order valence-electron chi connectivity index (χ3n) is 4.37. The van der Waals surface area contributed by atoms with Gasteiger partial charge in [-0.1, -0.05) is 17.7 Å². The fourth-order valence-electron chi connectivity index (χ4n) is 2.89. The Kier molecular flexibility index (Phi) is 6.29. The molecule has 4 rings (SSSR count). The van der Waals surface area contributed by atoms with Crippen molar-refractivity contribution in [2.75, 3.05) is 16.0 Å². The summed E-state index contributed by atoms with van der Waals surface area (Å²) < 4.78 is 0.901. The van der Waals surface area contributed by atoms with Crippen LogP contribution in [0.5, 0.6) is 0 Å². The maximum atomic E-state index is 12.3. The second-order valence-corrected chi connectivity index (χ2v) is 8.79. The molecule has 2 aromatic carbocycles. The summed E-state index contributed by atoms with van der Waals surface area (Å²) in [4.78, 5) is 21.9. The number of carbonyl (C=O) groups excluding carboxylic acids is 1. The highest BCUT2D eigenvalue weighted by molar-refractivity contribution is 9.10. The van der Waals surface area contributed by atoms with Crippen LogP contribution in [0.2, 0.25) is 0 Å².